The van der Waals surface area contributed by atoms with Gasteiger partial charge < -0.3 is 9.15 Å². The van der Waals surface area contributed by atoms with Crippen molar-refractivity contribution in [1.82, 2.24) is 4.90 Å². The summed E-state index contributed by atoms with van der Waals surface area (Å²) in [5, 5.41) is 0.835. The van der Waals surface area contributed by atoms with Crippen LogP contribution in [0, 0.1) is 0 Å². The summed E-state index contributed by atoms with van der Waals surface area (Å²) in [7, 11) is 0. The third kappa shape index (κ3) is 2.22. The van der Waals surface area contributed by atoms with Crippen LogP contribution in [-0.2, 0) is 4.74 Å². The highest BCUT2D eigenvalue weighted by atomic mass is 16.5. The number of fused-ring (bicyclic) bond motifs is 3. The number of piperidine rings is 1. The number of furan rings is 1. The van der Waals surface area contributed by atoms with E-state index >= 15 is 0 Å². The fraction of sp³-hybridized carbons (Fsp3) is 0.500. The minimum atomic E-state index is -0.251. The summed E-state index contributed by atoms with van der Waals surface area (Å²) < 4.78 is 11.2. The molecule has 0 spiro atoms. The smallest absolute Gasteiger partial charge is 0.342 e. The highest BCUT2D eigenvalue weighted by Crippen LogP contribution is 2.37. The van der Waals surface area contributed by atoms with Crippen LogP contribution in [-0.4, -0.2) is 35.6 Å². The van der Waals surface area contributed by atoms with Gasteiger partial charge in [0.05, 0.1) is 0 Å². The van der Waals surface area contributed by atoms with Gasteiger partial charge in [-0.15, -0.1) is 0 Å². The van der Waals surface area contributed by atoms with E-state index in [1.54, 1.807) is 0 Å². The van der Waals surface area contributed by atoms with E-state index in [1.165, 1.54) is 19.1 Å². The first-order chi connectivity index (χ1) is 10.8. The van der Waals surface area contributed by atoms with Gasteiger partial charge in [0.15, 0.2) is 0 Å². The van der Waals surface area contributed by atoms with E-state index in [0.29, 0.717) is 17.6 Å². The number of carbonyl (C=O) groups is 1. The normalized spacial score (nSPS) is 28.1. The van der Waals surface area contributed by atoms with Gasteiger partial charge in [-0.3, -0.25) is 4.90 Å². The van der Waals surface area contributed by atoms with E-state index in [1.807, 2.05) is 24.3 Å². The Hall–Kier alpha value is -1.81. The van der Waals surface area contributed by atoms with Gasteiger partial charge in [0.1, 0.15) is 23.5 Å². The molecule has 2 saturated heterocycles. The van der Waals surface area contributed by atoms with Crippen molar-refractivity contribution < 1.29 is 13.9 Å². The lowest BCUT2D eigenvalue weighted by atomic mass is 9.99. The molecule has 2 aromatic rings. The first-order valence-corrected chi connectivity index (χ1v) is 8.19. The Balaban J connectivity index is 1.49. The number of benzene rings is 1. The van der Waals surface area contributed by atoms with Crippen molar-refractivity contribution in [2.45, 2.75) is 50.8 Å². The summed E-state index contributed by atoms with van der Waals surface area (Å²) in [6, 6.07) is 8.75. The van der Waals surface area contributed by atoms with E-state index in [2.05, 4.69) is 11.8 Å². The summed E-state index contributed by atoms with van der Waals surface area (Å²) in [4.78, 5) is 15.0. The first-order valence-electron chi connectivity index (χ1n) is 8.19. The quantitative estimate of drug-likeness (QED) is 0.812. The molecule has 1 unspecified atom stereocenters. The Morgan fingerprint density at radius 3 is 2.73 bits per heavy atom. The molecule has 2 aliphatic heterocycles. The van der Waals surface area contributed by atoms with Crippen LogP contribution in [0.2, 0.25) is 0 Å². The molecule has 0 saturated carbocycles. The number of rotatable bonds is 3. The van der Waals surface area contributed by atoms with E-state index in [0.717, 1.165) is 30.4 Å². The molecule has 2 aliphatic rings. The molecule has 2 bridgehead atoms. The van der Waals surface area contributed by atoms with Crippen LogP contribution in [0.25, 0.3) is 11.0 Å². The number of ether oxygens (including phenoxy) is 1. The fourth-order valence-corrected chi connectivity index (χ4v) is 4.19. The summed E-state index contributed by atoms with van der Waals surface area (Å²) in [5.74, 6) is -0.251. The molecule has 22 heavy (non-hydrogen) atoms. The van der Waals surface area contributed by atoms with Crippen molar-refractivity contribution >= 4 is 16.9 Å². The Morgan fingerprint density at radius 2 is 2.00 bits per heavy atom. The number of carbonyl (C=O) groups excluding carboxylic acids is 1. The Kier molecular flexibility index (Phi) is 3.41. The van der Waals surface area contributed by atoms with Gasteiger partial charge in [0.2, 0.25) is 0 Å². The monoisotopic (exact) mass is 299 g/mol. The Bertz CT molecular complexity index is 678. The molecule has 0 radical (unpaired) electrons. The summed E-state index contributed by atoms with van der Waals surface area (Å²) in [6.07, 6.45) is 5.96. The standard InChI is InChI=1S/C18H21NO3/c1-2-19-12-7-8-13(19)10-14(9-12)22-18(20)16-11-21-17-6-4-3-5-15(16)17/h3-6,11-14H,2,7-10H2,1H3/t12-,13+,14?. The maximum absolute atomic E-state index is 12.5. The number of hydrogen-bond acceptors (Lipinski definition) is 4. The zero-order valence-corrected chi connectivity index (χ0v) is 12.8. The molecule has 3 atom stereocenters. The predicted molar refractivity (Wildman–Crippen MR) is 83.8 cm³/mol. The summed E-state index contributed by atoms with van der Waals surface area (Å²) >= 11 is 0. The molecule has 0 N–H and O–H groups in total. The van der Waals surface area contributed by atoms with Crippen molar-refractivity contribution in [2.24, 2.45) is 0 Å². The van der Waals surface area contributed by atoms with E-state index in [-0.39, 0.29) is 12.1 Å². The van der Waals surface area contributed by atoms with E-state index < -0.39 is 0 Å². The minimum absolute atomic E-state index is 0.0430. The highest BCUT2D eigenvalue weighted by Gasteiger charge is 2.41. The average molecular weight is 299 g/mol. The molecule has 116 valence electrons. The zero-order valence-electron chi connectivity index (χ0n) is 12.8. The van der Waals surface area contributed by atoms with Crippen LogP contribution in [0.1, 0.15) is 43.0 Å². The molecule has 3 heterocycles. The lowest BCUT2D eigenvalue weighted by Crippen LogP contribution is -2.45. The molecular formula is C18H21NO3. The highest BCUT2D eigenvalue weighted by molar-refractivity contribution is 6.03. The van der Waals surface area contributed by atoms with Gasteiger partial charge >= 0.3 is 5.97 Å². The van der Waals surface area contributed by atoms with Crippen molar-refractivity contribution in [2.75, 3.05) is 6.54 Å². The molecule has 2 fully saturated rings. The third-order valence-electron chi connectivity index (χ3n) is 5.18. The molecule has 1 aromatic carbocycles. The largest absolute Gasteiger partial charge is 0.463 e. The van der Waals surface area contributed by atoms with Crippen LogP contribution in [0.5, 0.6) is 0 Å². The van der Waals surface area contributed by atoms with E-state index in [4.69, 9.17) is 9.15 Å². The number of para-hydroxylation sites is 1. The molecule has 4 nitrogen and oxygen atoms in total. The third-order valence-corrected chi connectivity index (χ3v) is 5.18. The van der Waals surface area contributed by atoms with Crippen molar-refractivity contribution in [1.29, 1.82) is 0 Å². The van der Waals surface area contributed by atoms with Gasteiger partial charge in [-0.25, -0.2) is 4.79 Å². The lowest BCUT2D eigenvalue weighted by Gasteiger charge is -2.37. The van der Waals surface area contributed by atoms with E-state index in [9.17, 15) is 4.79 Å². The Morgan fingerprint density at radius 1 is 1.27 bits per heavy atom. The van der Waals surface area contributed by atoms with Gasteiger partial charge in [-0.2, -0.15) is 0 Å². The predicted octanol–water partition coefficient (Wildman–Crippen LogP) is 3.60. The maximum Gasteiger partial charge on any atom is 0.342 e. The van der Waals surface area contributed by atoms with Crippen LogP contribution >= 0.6 is 0 Å². The van der Waals surface area contributed by atoms with Gasteiger partial charge in [0.25, 0.3) is 0 Å². The fourth-order valence-electron chi connectivity index (χ4n) is 4.19. The second-order valence-electron chi connectivity index (χ2n) is 6.36. The molecule has 0 aliphatic carbocycles. The number of nitrogens with zero attached hydrogens (tertiary/aromatic N) is 1. The maximum atomic E-state index is 12.5. The topological polar surface area (TPSA) is 42.7 Å². The number of hydrogen-bond donors (Lipinski definition) is 0. The van der Waals surface area contributed by atoms with Crippen molar-refractivity contribution in [3.05, 3.63) is 36.1 Å². The SMILES string of the molecule is CCN1[C@@H]2CC[C@H]1CC(OC(=O)c1coc3ccccc13)C2. The summed E-state index contributed by atoms with van der Waals surface area (Å²) in [5.41, 5.74) is 1.27. The minimum Gasteiger partial charge on any atom is -0.463 e. The zero-order chi connectivity index (χ0) is 15.1. The molecule has 1 aromatic heterocycles. The second kappa shape index (κ2) is 5.43. The van der Waals surface area contributed by atoms with Gasteiger partial charge in [-0.1, -0.05) is 25.1 Å². The van der Waals surface area contributed by atoms with Crippen molar-refractivity contribution in [3.63, 3.8) is 0 Å². The second-order valence-corrected chi connectivity index (χ2v) is 6.36. The molecule has 4 heteroatoms. The Labute approximate surface area is 130 Å². The summed E-state index contributed by atoms with van der Waals surface area (Å²) in [6.45, 7) is 3.32. The molecule has 4 rings (SSSR count). The van der Waals surface area contributed by atoms with Crippen LogP contribution in [0.4, 0.5) is 0 Å². The van der Waals surface area contributed by atoms with Crippen LogP contribution < -0.4 is 0 Å². The molecule has 0 amide bonds. The molecular weight excluding hydrogens is 278 g/mol. The van der Waals surface area contributed by atoms with Crippen LogP contribution in [0.15, 0.2) is 34.9 Å². The van der Waals surface area contributed by atoms with Crippen LogP contribution in [0.3, 0.4) is 0 Å². The first kappa shape index (κ1) is 13.8. The average Bonchev–Trinajstić information content (AvgIpc) is 3.06. The lowest BCUT2D eigenvalue weighted by molar-refractivity contribution is -0.00468. The van der Waals surface area contributed by atoms with Gasteiger partial charge in [0, 0.05) is 30.3 Å². The van der Waals surface area contributed by atoms with Gasteiger partial charge in [-0.05, 0) is 25.5 Å². The number of esters is 1. The van der Waals surface area contributed by atoms with Crippen molar-refractivity contribution in [3.8, 4) is 0 Å².